The van der Waals surface area contributed by atoms with E-state index in [-0.39, 0.29) is 42.1 Å². The molecule has 0 saturated heterocycles. The van der Waals surface area contributed by atoms with Crippen LogP contribution in [0.4, 0.5) is 24.5 Å². The van der Waals surface area contributed by atoms with Crippen molar-refractivity contribution in [3.8, 4) is 11.8 Å². The summed E-state index contributed by atoms with van der Waals surface area (Å²) >= 11 is 0. The number of nitriles is 1. The third-order valence-corrected chi connectivity index (χ3v) is 7.17. The highest BCUT2D eigenvalue weighted by Gasteiger charge is 2.62. The van der Waals surface area contributed by atoms with Gasteiger partial charge in [-0.25, -0.2) is 0 Å². The number of methoxy groups -OCH3 is 1. The SMILES string of the molecule is COc1ccc(NC(=O)c2cnn3c2C(=O)N(c2ccc(CC4(C(F)(F)F)CC4)cc2)[C@@H](C)C3)cc1C#N. The molecule has 1 saturated carbocycles. The van der Waals surface area contributed by atoms with Crippen molar-refractivity contribution in [2.75, 3.05) is 17.3 Å². The molecule has 196 valence electrons. The fourth-order valence-electron chi connectivity index (χ4n) is 4.88. The lowest BCUT2D eigenvalue weighted by Gasteiger charge is -2.34. The second kappa shape index (κ2) is 9.20. The van der Waals surface area contributed by atoms with Gasteiger partial charge in [0.15, 0.2) is 0 Å². The van der Waals surface area contributed by atoms with E-state index >= 15 is 0 Å². The summed E-state index contributed by atoms with van der Waals surface area (Å²) in [6.07, 6.45) is -2.74. The van der Waals surface area contributed by atoms with Crippen LogP contribution in [0, 0.1) is 16.7 Å². The number of aromatic nitrogens is 2. The Balaban J connectivity index is 1.37. The minimum absolute atomic E-state index is 0.0682. The van der Waals surface area contributed by atoms with E-state index in [4.69, 9.17) is 4.74 Å². The van der Waals surface area contributed by atoms with E-state index in [1.165, 1.54) is 29.0 Å². The topological polar surface area (TPSA) is 100 Å². The molecule has 1 aliphatic heterocycles. The molecule has 1 fully saturated rings. The molecule has 1 aliphatic carbocycles. The first-order valence-electron chi connectivity index (χ1n) is 12.0. The summed E-state index contributed by atoms with van der Waals surface area (Å²) in [6.45, 7) is 2.16. The number of alkyl halides is 3. The van der Waals surface area contributed by atoms with Gasteiger partial charge < -0.3 is 15.0 Å². The second-order valence-electron chi connectivity index (χ2n) is 9.72. The van der Waals surface area contributed by atoms with Gasteiger partial charge in [0, 0.05) is 11.4 Å². The highest BCUT2D eigenvalue weighted by molar-refractivity contribution is 6.15. The van der Waals surface area contributed by atoms with Crippen molar-refractivity contribution in [2.24, 2.45) is 5.41 Å². The first-order chi connectivity index (χ1) is 18.1. The van der Waals surface area contributed by atoms with Crippen molar-refractivity contribution in [3.05, 3.63) is 71.0 Å². The van der Waals surface area contributed by atoms with E-state index in [1.54, 1.807) is 36.4 Å². The number of carbonyl (C=O) groups is 2. The number of halogens is 3. The molecule has 8 nitrogen and oxygen atoms in total. The van der Waals surface area contributed by atoms with Crippen molar-refractivity contribution in [1.29, 1.82) is 5.26 Å². The van der Waals surface area contributed by atoms with Gasteiger partial charge in [0.2, 0.25) is 0 Å². The average molecular weight is 524 g/mol. The van der Waals surface area contributed by atoms with Crippen LogP contribution < -0.4 is 15.0 Å². The highest BCUT2D eigenvalue weighted by atomic mass is 19.4. The monoisotopic (exact) mass is 523 g/mol. The Morgan fingerprint density at radius 3 is 2.55 bits per heavy atom. The van der Waals surface area contributed by atoms with Crippen LogP contribution in [0.25, 0.3) is 0 Å². The van der Waals surface area contributed by atoms with E-state index in [0.717, 1.165) is 0 Å². The molecule has 2 aromatic carbocycles. The molecule has 1 aromatic heterocycles. The largest absolute Gasteiger partial charge is 0.495 e. The maximum atomic E-state index is 13.6. The Bertz CT molecular complexity index is 1450. The van der Waals surface area contributed by atoms with Crippen molar-refractivity contribution >= 4 is 23.2 Å². The summed E-state index contributed by atoms with van der Waals surface area (Å²) in [5, 5.41) is 16.2. The van der Waals surface area contributed by atoms with Gasteiger partial charge in [-0.05, 0) is 62.1 Å². The van der Waals surface area contributed by atoms with Crippen molar-refractivity contribution in [3.63, 3.8) is 0 Å². The number of rotatable bonds is 6. The van der Waals surface area contributed by atoms with Gasteiger partial charge >= 0.3 is 6.18 Å². The number of ether oxygens (including phenoxy) is 1. The number of carbonyl (C=O) groups excluding carboxylic acids is 2. The molecule has 0 bridgehead atoms. The molecular formula is C27H24F3N5O3. The van der Waals surface area contributed by atoms with Crippen molar-refractivity contribution in [1.82, 2.24) is 9.78 Å². The number of anilines is 2. The van der Waals surface area contributed by atoms with Gasteiger partial charge in [0.05, 0.1) is 42.4 Å². The normalized spacial score (nSPS) is 17.9. The minimum Gasteiger partial charge on any atom is -0.495 e. The Kier molecular flexibility index (Phi) is 6.13. The summed E-state index contributed by atoms with van der Waals surface area (Å²) in [6, 6.07) is 12.8. The molecule has 2 aliphatic rings. The number of nitrogens with zero attached hydrogens (tertiary/aromatic N) is 4. The molecule has 2 heterocycles. The minimum atomic E-state index is -4.24. The fraction of sp³-hybridized carbons (Fsp3) is 0.333. The summed E-state index contributed by atoms with van der Waals surface area (Å²) in [5.74, 6) is -0.647. The number of hydrogen-bond donors (Lipinski definition) is 1. The number of hydrogen-bond acceptors (Lipinski definition) is 5. The van der Waals surface area contributed by atoms with Gasteiger partial charge in [-0.1, -0.05) is 12.1 Å². The van der Waals surface area contributed by atoms with Gasteiger partial charge in [-0.3, -0.25) is 14.3 Å². The van der Waals surface area contributed by atoms with Gasteiger partial charge in [-0.2, -0.15) is 23.5 Å². The highest BCUT2D eigenvalue weighted by Crippen LogP contribution is 2.59. The first-order valence-corrected chi connectivity index (χ1v) is 12.0. The zero-order valence-corrected chi connectivity index (χ0v) is 20.7. The Hall–Kier alpha value is -4.33. The number of benzene rings is 2. The molecule has 5 rings (SSSR count). The molecule has 0 unspecified atom stereocenters. The van der Waals surface area contributed by atoms with E-state index in [1.807, 2.05) is 13.0 Å². The maximum absolute atomic E-state index is 13.6. The van der Waals surface area contributed by atoms with Crippen molar-refractivity contribution < 1.29 is 27.5 Å². The van der Waals surface area contributed by atoms with Crippen LogP contribution >= 0.6 is 0 Å². The summed E-state index contributed by atoms with van der Waals surface area (Å²) in [5.41, 5.74) is 0.201. The van der Waals surface area contributed by atoms with Crippen molar-refractivity contribution in [2.45, 2.75) is 44.9 Å². The average Bonchev–Trinajstić information content (AvgIpc) is 3.55. The van der Waals surface area contributed by atoms with Gasteiger partial charge in [0.1, 0.15) is 17.5 Å². The molecule has 2 amide bonds. The first kappa shape index (κ1) is 25.3. The molecule has 1 N–H and O–H groups in total. The predicted molar refractivity (Wildman–Crippen MR) is 132 cm³/mol. The standard InChI is InChI=1S/C27H24F3N5O3/c1-16-15-34-23(21(14-32-34)24(36)33-19-5-8-22(38-2)18(11-19)13-31)25(37)35(16)20-6-3-17(4-7-20)12-26(9-10-26)27(28,29)30/h3-8,11,14,16H,9-10,12,15H2,1-2H3,(H,33,36)/t16-/m0/s1. The van der Waals surface area contributed by atoms with Crippen LogP contribution in [0.1, 0.15) is 51.7 Å². The zero-order valence-electron chi connectivity index (χ0n) is 20.7. The van der Waals surface area contributed by atoms with Crippen LogP contribution in [0.3, 0.4) is 0 Å². The lowest BCUT2D eigenvalue weighted by atomic mass is 9.95. The van der Waals surface area contributed by atoms with Gasteiger partial charge in [0.25, 0.3) is 11.8 Å². The summed E-state index contributed by atoms with van der Waals surface area (Å²) in [7, 11) is 1.44. The Labute approximate surface area is 216 Å². The van der Waals surface area contributed by atoms with E-state index < -0.39 is 23.4 Å². The van der Waals surface area contributed by atoms with E-state index in [2.05, 4.69) is 10.4 Å². The molecule has 3 aromatic rings. The predicted octanol–water partition coefficient (Wildman–Crippen LogP) is 4.95. The molecule has 11 heteroatoms. The number of nitrogens with one attached hydrogen (secondary N) is 1. The third-order valence-electron chi connectivity index (χ3n) is 7.17. The van der Waals surface area contributed by atoms with Crippen LogP contribution in [-0.4, -0.2) is 40.9 Å². The lowest BCUT2D eigenvalue weighted by Crippen LogP contribution is -2.47. The fourth-order valence-corrected chi connectivity index (χ4v) is 4.88. The summed E-state index contributed by atoms with van der Waals surface area (Å²) < 4.78 is 46.7. The van der Waals surface area contributed by atoms with Crippen LogP contribution in [-0.2, 0) is 13.0 Å². The maximum Gasteiger partial charge on any atom is 0.394 e. The molecule has 0 radical (unpaired) electrons. The third kappa shape index (κ3) is 4.36. The van der Waals surface area contributed by atoms with E-state index in [9.17, 15) is 28.0 Å². The molecule has 1 atom stereocenters. The molecule has 0 spiro atoms. The lowest BCUT2D eigenvalue weighted by molar-refractivity contribution is -0.186. The van der Waals surface area contributed by atoms with Crippen LogP contribution in [0.2, 0.25) is 0 Å². The van der Waals surface area contributed by atoms with Gasteiger partial charge in [-0.15, -0.1) is 0 Å². The Morgan fingerprint density at radius 1 is 1.24 bits per heavy atom. The zero-order chi connectivity index (χ0) is 27.2. The Morgan fingerprint density at radius 2 is 1.95 bits per heavy atom. The molecular weight excluding hydrogens is 499 g/mol. The number of amides is 2. The van der Waals surface area contributed by atoms with Crippen LogP contribution in [0.15, 0.2) is 48.7 Å². The smallest absolute Gasteiger partial charge is 0.394 e. The second-order valence-corrected chi connectivity index (χ2v) is 9.72. The van der Waals surface area contributed by atoms with Crippen LogP contribution in [0.5, 0.6) is 5.75 Å². The quantitative estimate of drug-likeness (QED) is 0.493. The summed E-state index contributed by atoms with van der Waals surface area (Å²) in [4.78, 5) is 28.2. The van der Waals surface area contributed by atoms with E-state index in [0.29, 0.717) is 29.2 Å². The molecule has 38 heavy (non-hydrogen) atoms. The number of fused-ring (bicyclic) bond motifs is 1.